The first kappa shape index (κ1) is 7.56. The second-order valence-electron chi connectivity index (χ2n) is 4.00. The number of likely N-dealkylation sites (tertiary alicyclic amines) is 1. The van der Waals surface area contributed by atoms with Crippen LogP contribution in [-0.4, -0.2) is 31.1 Å². The lowest BCUT2D eigenvalue weighted by atomic mass is 10.0. The highest BCUT2D eigenvalue weighted by Crippen LogP contribution is 2.37. The zero-order chi connectivity index (χ0) is 7.68. The van der Waals surface area contributed by atoms with Gasteiger partial charge in [0.15, 0.2) is 0 Å². The minimum Gasteiger partial charge on any atom is -0.329 e. The summed E-state index contributed by atoms with van der Waals surface area (Å²) in [6.45, 7) is 4.62. The Balaban J connectivity index is 1.84. The molecule has 2 nitrogen and oxygen atoms in total. The van der Waals surface area contributed by atoms with Crippen LogP contribution in [0.25, 0.3) is 0 Å². The lowest BCUT2D eigenvalue weighted by Crippen LogP contribution is -2.27. The van der Waals surface area contributed by atoms with Gasteiger partial charge in [0.25, 0.3) is 0 Å². The van der Waals surface area contributed by atoms with E-state index in [0.29, 0.717) is 0 Å². The molecular formula is C9H18N2. The molecule has 2 heteroatoms. The lowest BCUT2D eigenvalue weighted by molar-refractivity contribution is 0.320. The predicted molar refractivity (Wildman–Crippen MR) is 46.3 cm³/mol. The molecule has 0 unspecified atom stereocenters. The van der Waals surface area contributed by atoms with Gasteiger partial charge in [-0.25, -0.2) is 0 Å². The molecule has 2 fully saturated rings. The molecule has 1 saturated carbocycles. The van der Waals surface area contributed by atoms with Crippen molar-refractivity contribution in [1.29, 1.82) is 0 Å². The van der Waals surface area contributed by atoms with Gasteiger partial charge in [0.05, 0.1) is 0 Å². The van der Waals surface area contributed by atoms with E-state index in [1.54, 1.807) is 0 Å². The third-order valence-electron chi connectivity index (χ3n) is 3.25. The van der Waals surface area contributed by atoms with E-state index in [1.165, 1.54) is 32.4 Å². The summed E-state index contributed by atoms with van der Waals surface area (Å²) in [6, 6.07) is 0. The Morgan fingerprint density at radius 2 is 1.82 bits per heavy atom. The fourth-order valence-electron chi connectivity index (χ4n) is 2.70. The summed E-state index contributed by atoms with van der Waals surface area (Å²) in [7, 11) is 0. The van der Waals surface area contributed by atoms with Gasteiger partial charge in [-0.1, -0.05) is 6.42 Å². The van der Waals surface area contributed by atoms with E-state index in [0.717, 1.165) is 24.9 Å². The zero-order valence-corrected chi connectivity index (χ0v) is 7.13. The summed E-state index contributed by atoms with van der Waals surface area (Å²) in [6.07, 6.45) is 4.43. The molecular weight excluding hydrogens is 136 g/mol. The Morgan fingerprint density at radius 1 is 1.18 bits per heavy atom. The molecule has 0 amide bonds. The molecule has 0 aromatic heterocycles. The summed E-state index contributed by atoms with van der Waals surface area (Å²) in [4.78, 5) is 2.54. The van der Waals surface area contributed by atoms with Crippen LogP contribution in [0.4, 0.5) is 0 Å². The number of fused-ring (bicyclic) bond motifs is 1. The Morgan fingerprint density at radius 3 is 2.36 bits per heavy atom. The fraction of sp³-hybridized carbons (Fsp3) is 1.00. The number of nitrogens with two attached hydrogens (primary N) is 1. The minimum absolute atomic E-state index is 0.833. The van der Waals surface area contributed by atoms with Gasteiger partial charge < -0.3 is 10.6 Å². The zero-order valence-electron chi connectivity index (χ0n) is 7.13. The summed E-state index contributed by atoms with van der Waals surface area (Å²) in [5.74, 6) is 2.06. The second kappa shape index (κ2) is 3.11. The number of nitrogens with zero attached hydrogens (tertiary/aromatic N) is 1. The van der Waals surface area contributed by atoms with Crippen molar-refractivity contribution in [3.05, 3.63) is 0 Å². The lowest BCUT2D eigenvalue weighted by Gasteiger charge is -2.14. The molecule has 1 saturated heterocycles. The molecule has 2 rings (SSSR count). The fourth-order valence-corrected chi connectivity index (χ4v) is 2.70. The normalized spacial score (nSPS) is 37.9. The molecule has 0 radical (unpaired) electrons. The molecule has 1 heterocycles. The van der Waals surface area contributed by atoms with Crippen molar-refractivity contribution in [1.82, 2.24) is 4.90 Å². The number of hydrogen-bond acceptors (Lipinski definition) is 2. The molecule has 0 aromatic rings. The monoisotopic (exact) mass is 154 g/mol. The van der Waals surface area contributed by atoms with Crippen molar-refractivity contribution < 1.29 is 0 Å². The van der Waals surface area contributed by atoms with Crippen LogP contribution in [0.15, 0.2) is 0 Å². The maximum atomic E-state index is 5.52. The molecule has 11 heavy (non-hydrogen) atoms. The van der Waals surface area contributed by atoms with Crippen molar-refractivity contribution in [2.24, 2.45) is 17.6 Å². The molecule has 1 aliphatic carbocycles. The highest BCUT2D eigenvalue weighted by molar-refractivity contribution is 4.88. The van der Waals surface area contributed by atoms with Crippen molar-refractivity contribution in [3.8, 4) is 0 Å². The smallest absolute Gasteiger partial charge is 0.0105 e. The Hall–Kier alpha value is -0.0800. The first-order valence-corrected chi connectivity index (χ1v) is 4.82. The maximum Gasteiger partial charge on any atom is 0.0105 e. The van der Waals surface area contributed by atoms with Crippen molar-refractivity contribution >= 4 is 0 Å². The van der Waals surface area contributed by atoms with Gasteiger partial charge in [-0.05, 0) is 24.7 Å². The number of rotatable bonds is 2. The average Bonchev–Trinajstić information content (AvgIpc) is 2.46. The van der Waals surface area contributed by atoms with Crippen molar-refractivity contribution in [3.63, 3.8) is 0 Å². The molecule has 2 N–H and O–H groups in total. The third-order valence-corrected chi connectivity index (χ3v) is 3.25. The molecule has 1 aliphatic heterocycles. The largest absolute Gasteiger partial charge is 0.329 e. The molecule has 64 valence electrons. The van der Waals surface area contributed by atoms with Gasteiger partial charge in [-0.3, -0.25) is 0 Å². The summed E-state index contributed by atoms with van der Waals surface area (Å²) >= 11 is 0. The third kappa shape index (κ3) is 1.42. The number of hydrogen-bond donors (Lipinski definition) is 1. The van der Waals surface area contributed by atoms with Crippen LogP contribution in [0.3, 0.4) is 0 Å². The molecule has 0 spiro atoms. The van der Waals surface area contributed by atoms with Gasteiger partial charge in [-0.15, -0.1) is 0 Å². The van der Waals surface area contributed by atoms with E-state index >= 15 is 0 Å². The summed E-state index contributed by atoms with van der Waals surface area (Å²) < 4.78 is 0. The van der Waals surface area contributed by atoms with Crippen LogP contribution in [0.2, 0.25) is 0 Å². The molecule has 0 aromatic carbocycles. The van der Waals surface area contributed by atoms with Gasteiger partial charge in [-0.2, -0.15) is 0 Å². The van der Waals surface area contributed by atoms with E-state index in [4.69, 9.17) is 5.73 Å². The van der Waals surface area contributed by atoms with Crippen molar-refractivity contribution in [2.45, 2.75) is 19.3 Å². The van der Waals surface area contributed by atoms with Crippen LogP contribution < -0.4 is 5.73 Å². The Kier molecular flexibility index (Phi) is 2.14. The first-order chi connectivity index (χ1) is 5.40. The highest BCUT2D eigenvalue weighted by Gasteiger charge is 2.35. The minimum atomic E-state index is 0.833. The SMILES string of the molecule is NCCN1C[C@@H]2CCC[C@H]2C1. The maximum absolute atomic E-state index is 5.52. The molecule has 2 aliphatic rings. The molecule has 0 bridgehead atoms. The Labute approximate surface area is 68.7 Å². The van der Waals surface area contributed by atoms with Crippen LogP contribution >= 0.6 is 0 Å². The van der Waals surface area contributed by atoms with Gasteiger partial charge in [0.2, 0.25) is 0 Å². The van der Waals surface area contributed by atoms with E-state index in [1.807, 2.05) is 0 Å². The summed E-state index contributed by atoms with van der Waals surface area (Å²) in [5, 5.41) is 0. The van der Waals surface area contributed by atoms with Crippen LogP contribution in [0.1, 0.15) is 19.3 Å². The van der Waals surface area contributed by atoms with Crippen LogP contribution in [0.5, 0.6) is 0 Å². The van der Waals surface area contributed by atoms with Crippen LogP contribution in [-0.2, 0) is 0 Å². The van der Waals surface area contributed by atoms with E-state index in [-0.39, 0.29) is 0 Å². The van der Waals surface area contributed by atoms with Gasteiger partial charge >= 0.3 is 0 Å². The summed E-state index contributed by atoms with van der Waals surface area (Å²) in [5.41, 5.74) is 5.52. The van der Waals surface area contributed by atoms with E-state index < -0.39 is 0 Å². The first-order valence-electron chi connectivity index (χ1n) is 4.82. The van der Waals surface area contributed by atoms with E-state index in [2.05, 4.69) is 4.90 Å². The highest BCUT2D eigenvalue weighted by atomic mass is 15.2. The second-order valence-corrected chi connectivity index (χ2v) is 4.00. The predicted octanol–water partition coefficient (Wildman–Crippen LogP) is 0.677. The van der Waals surface area contributed by atoms with E-state index in [9.17, 15) is 0 Å². The van der Waals surface area contributed by atoms with Crippen LogP contribution in [0, 0.1) is 11.8 Å². The quantitative estimate of drug-likeness (QED) is 0.633. The molecule has 2 atom stereocenters. The Bertz CT molecular complexity index is 124. The standard InChI is InChI=1S/C9H18N2/c10-4-5-11-6-8-2-1-3-9(8)7-11/h8-9H,1-7,10H2/t8-,9-/m0/s1. The van der Waals surface area contributed by atoms with Gasteiger partial charge in [0, 0.05) is 26.2 Å². The topological polar surface area (TPSA) is 29.3 Å². The van der Waals surface area contributed by atoms with Gasteiger partial charge in [0.1, 0.15) is 0 Å². The average molecular weight is 154 g/mol. The van der Waals surface area contributed by atoms with Crippen molar-refractivity contribution in [2.75, 3.05) is 26.2 Å².